The molecule has 0 atom stereocenters. The summed E-state index contributed by atoms with van der Waals surface area (Å²) in [5.74, 6) is 6.78. The van der Waals surface area contributed by atoms with Crippen molar-refractivity contribution >= 4 is 33.6 Å². The number of halogens is 1. The van der Waals surface area contributed by atoms with Crippen molar-refractivity contribution in [3.8, 4) is 0 Å². The van der Waals surface area contributed by atoms with E-state index in [9.17, 15) is 4.79 Å². The van der Waals surface area contributed by atoms with Gasteiger partial charge in [-0.05, 0) is 29.9 Å². The number of carbonyl (C=O) groups is 1. The van der Waals surface area contributed by atoms with Crippen molar-refractivity contribution in [3.05, 3.63) is 33.8 Å². The molecule has 0 heterocycles. The Morgan fingerprint density at radius 1 is 1.56 bits per heavy atom. The molecule has 0 radical (unpaired) electrons. The molecule has 0 saturated heterocycles. The number of nitrogens with one attached hydrogen (secondary N) is 1. The van der Waals surface area contributed by atoms with Crippen LogP contribution in [-0.4, -0.2) is 25.4 Å². The smallest absolute Gasteiger partial charge is 0.265 e. The van der Waals surface area contributed by atoms with Gasteiger partial charge in [0, 0.05) is 29.5 Å². The molecule has 0 aliphatic heterocycles. The van der Waals surface area contributed by atoms with Crippen molar-refractivity contribution in [1.82, 2.24) is 5.43 Å². The Labute approximate surface area is 120 Å². The summed E-state index contributed by atoms with van der Waals surface area (Å²) in [6, 6.07) is 5.50. The normalized spacial score (nSPS) is 10.4. The van der Waals surface area contributed by atoms with Gasteiger partial charge in [0.2, 0.25) is 0 Å². The second-order valence-corrected chi connectivity index (χ2v) is 5.64. The summed E-state index contributed by atoms with van der Waals surface area (Å²) in [6.07, 6.45) is 1.05. The standard InChI is InChI=1S/C12H17BrN2O2S/c1-17-5-2-6-18-8-10-4-3-9(7-11(10)13)12(16)15-14/h3-4,7H,2,5-6,8,14H2,1H3,(H,15,16). The highest BCUT2D eigenvalue weighted by molar-refractivity contribution is 9.10. The Bertz CT molecular complexity index is 402. The van der Waals surface area contributed by atoms with Crippen molar-refractivity contribution in [2.24, 2.45) is 5.84 Å². The van der Waals surface area contributed by atoms with Gasteiger partial charge in [-0.2, -0.15) is 11.8 Å². The first kappa shape index (κ1) is 15.5. The minimum absolute atomic E-state index is 0.282. The Balaban J connectivity index is 2.49. The third-order valence-electron chi connectivity index (χ3n) is 2.34. The van der Waals surface area contributed by atoms with Crippen molar-refractivity contribution in [3.63, 3.8) is 0 Å². The number of benzene rings is 1. The molecule has 0 aromatic heterocycles. The number of hydrazine groups is 1. The lowest BCUT2D eigenvalue weighted by atomic mass is 10.1. The maximum atomic E-state index is 11.3. The molecule has 0 unspecified atom stereocenters. The minimum atomic E-state index is -0.282. The van der Waals surface area contributed by atoms with Crippen LogP contribution in [0.3, 0.4) is 0 Å². The van der Waals surface area contributed by atoms with Crippen LogP contribution < -0.4 is 11.3 Å². The first-order chi connectivity index (χ1) is 8.69. The van der Waals surface area contributed by atoms with Gasteiger partial charge in [-0.15, -0.1) is 0 Å². The van der Waals surface area contributed by atoms with Gasteiger partial charge in [0.05, 0.1) is 0 Å². The SMILES string of the molecule is COCCCSCc1ccc(C(=O)NN)cc1Br. The van der Waals surface area contributed by atoms with E-state index in [0.29, 0.717) is 5.56 Å². The van der Waals surface area contributed by atoms with E-state index in [0.717, 1.165) is 29.0 Å². The maximum Gasteiger partial charge on any atom is 0.265 e. The number of nitrogens with two attached hydrogens (primary N) is 1. The number of amides is 1. The van der Waals surface area contributed by atoms with Gasteiger partial charge in [0.15, 0.2) is 0 Å². The quantitative estimate of drug-likeness (QED) is 0.348. The average molecular weight is 333 g/mol. The van der Waals surface area contributed by atoms with Gasteiger partial charge < -0.3 is 4.74 Å². The number of thioether (sulfide) groups is 1. The largest absolute Gasteiger partial charge is 0.385 e. The fourth-order valence-corrected chi connectivity index (χ4v) is 3.02. The molecule has 18 heavy (non-hydrogen) atoms. The fourth-order valence-electron chi connectivity index (χ4n) is 1.38. The fraction of sp³-hybridized carbons (Fsp3) is 0.417. The van der Waals surface area contributed by atoms with Gasteiger partial charge in [-0.1, -0.05) is 22.0 Å². The summed E-state index contributed by atoms with van der Waals surface area (Å²) in [7, 11) is 1.71. The van der Waals surface area contributed by atoms with E-state index in [2.05, 4.69) is 21.4 Å². The number of hydrogen-bond donors (Lipinski definition) is 2. The van der Waals surface area contributed by atoms with Gasteiger partial charge in [0.1, 0.15) is 0 Å². The number of rotatable bonds is 7. The van der Waals surface area contributed by atoms with Gasteiger partial charge in [-0.25, -0.2) is 5.84 Å². The van der Waals surface area contributed by atoms with Crippen LogP contribution in [0.2, 0.25) is 0 Å². The van der Waals surface area contributed by atoms with E-state index in [1.807, 2.05) is 17.8 Å². The molecule has 0 spiro atoms. The summed E-state index contributed by atoms with van der Waals surface area (Å²) in [5.41, 5.74) is 3.84. The van der Waals surface area contributed by atoms with Crippen LogP contribution in [0.4, 0.5) is 0 Å². The highest BCUT2D eigenvalue weighted by Crippen LogP contribution is 2.23. The third-order valence-corrected chi connectivity index (χ3v) is 4.17. The van der Waals surface area contributed by atoms with Gasteiger partial charge >= 0.3 is 0 Å². The van der Waals surface area contributed by atoms with Crippen LogP contribution in [0.15, 0.2) is 22.7 Å². The van der Waals surface area contributed by atoms with Crippen LogP contribution in [0.25, 0.3) is 0 Å². The van der Waals surface area contributed by atoms with Crippen LogP contribution in [0.1, 0.15) is 22.3 Å². The molecular weight excluding hydrogens is 316 g/mol. The molecule has 100 valence electrons. The predicted molar refractivity (Wildman–Crippen MR) is 78.5 cm³/mol. The Hall–Kier alpha value is -0.560. The molecule has 0 aliphatic rings. The van der Waals surface area contributed by atoms with E-state index in [-0.39, 0.29) is 5.91 Å². The number of methoxy groups -OCH3 is 1. The zero-order valence-corrected chi connectivity index (χ0v) is 12.6. The molecule has 1 aromatic carbocycles. The summed E-state index contributed by atoms with van der Waals surface area (Å²) in [5, 5.41) is 0. The Kier molecular flexibility index (Phi) is 7.34. The highest BCUT2D eigenvalue weighted by Gasteiger charge is 2.07. The van der Waals surface area contributed by atoms with Crippen molar-refractivity contribution in [1.29, 1.82) is 0 Å². The Morgan fingerprint density at radius 3 is 2.94 bits per heavy atom. The molecule has 1 aromatic rings. The number of hydrogen-bond acceptors (Lipinski definition) is 4. The number of ether oxygens (including phenoxy) is 1. The van der Waals surface area contributed by atoms with E-state index in [1.165, 1.54) is 5.56 Å². The summed E-state index contributed by atoms with van der Waals surface area (Å²) < 4.78 is 5.93. The van der Waals surface area contributed by atoms with E-state index in [1.54, 1.807) is 19.2 Å². The number of nitrogen functional groups attached to an aromatic ring is 1. The van der Waals surface area contributed by atoms with Gasteiger partial charge in [-0.3, -0.25) is 10.2 Å². The molecule has 6 heteroatoms. The molecule has 1 rings (SSSR count). The summed E-state index contributed by atoms with van der Waals surface area (Å²) >= 11 is 5.31. The molecule has 0 fully saturated rings. The Morgan fingerprint density at radius 2 is 2.33 bits per heavy atom. The molecule has 0 bridgehead atoms. The molecule has 0 saturated carbocycles. The van der Waals surface area contributed by atoms with Crippen molar-refractivity contribution in [2.75, 3.05) is 19.5 Å². The van der Waals surface area contributed by atoms with E-state index < -0.39 is 0 Å². The van der Waals surface area contributed by atoms with E-state index >= 15 is 0 Å². The van der Waals surface area contributed by atoms with Crippen molar-refractivity contribution in [2.45, 2.75) is 12.2 Å². The third kappa shape index (κ3) is 4.97. The zero-order valence-electron chi connectivity index (χ0n) is 10.2. The van der Waals surface area contributed by atoms with Crippen molar-refractivity contribution < 1.29 is 9.53 Å². The second-order valence-electron chi connectivity index (χ2n) is 3.68. The summed E-state index contributed by atoms with van der Waals surface area (Å²) in [6.45, 7) is 0.795. The van der Waals surface area contributed by atoms with E-state index in [4.69, 9.17) is 10.6 Å². The lowest BCUT2D eigenvalue weighted by Crippen LogP contribution is -2.29. The first-order valence-corrected chi connectivity index (χ1v) is 7.50. The van der Waals surface area contributed by atoms with Crippen LogP contribution in [0.5, 0.6) is 0 Å². The molecule has 0 aliphatic carbocycles. The maximum absolute atomic E-state index is 11.3. The van der Waals surface area contributed by atoms with Gasteiger partial charge in [0.25, 0.3) is 5.91 Å². The topological polar surface area (TPSA) is 64.3 Å². The molecule has 3 N–H and O–H groups in total. The second kappa shape index (κ2) is 8.53. The van der Waals surface area contributed by atoms with Crippen LogP contribution in [0, 0.1) is 0 Å². The molecule has 1 amide bonds. The lowest BCUT2D eigenvalue weighted by Gasteiger charge is -2.07. The first-order valence-electron chi connectivity index (χ1n) is 5.55. The lowest BCUT2D eigenvalue weighted by molar-refractivity contribution is 0.0953. The van der Waals surface area contributed by atoms with Crippen LogP contribution >= 0.6 is 27.7 Å². The molecular formula is C12H17BrN2O2S. The molecule has 4 nitrogen and oxygen atoms in total. The summed E-state index contributed by atoms with van der Waals surface area (Å²) in [4.78, 5) is 11.3. The highest BCUT2D eigenvalue weighted by atomic mass is 79.9. The average Bonchev–Trinajstić information content (AvgIpc) is 2.39. The zero-order chi connectivity index (χ0) is 13.4. The number of carbonyl (C=O) groups excluding carboxylic acids is 1. The predicted octanol–water partition coefficient (Wildman–Crippen LogP) is 2.32. The minimum Gasteiger partial charge on any atom is -0.385 e. The monoisotopic (exact) mass is 332 g/mol. The van der Waals surface area contributed by atoms with Crippen LogP contribution in [-0.2, 0) is 10.5 Å².